The Bertz CT molecular complexity index is 866. The minimum Gasteiger partial charge on any atom is -0.436 e. The molecular weight excluding hydrogens is 406 g/mol. The van der Waals surface area contributed by atoms with Crippen LogP contribution in [0.15, 0.2) is 60.7 Å². The quantitative estimate of drug-likeness (QED) is 0.526. The summed E-state index contributed by atoms with van der Waals surface area (Å²) in [4.78, 5) is 24.8. The molecule has 0 spiro atoms. The van der Waals surface area contributed by atoms with E-state index in [9.17, 15) is 14.9 Å². The first kappa shape index (κ1) is 24.9. The third-order valence-corrected chi connectivity index (χ3v) is 4.64. The largest absolute Gasteiger partial charge is 0.436 e. The first-order valence-corrected chi connectivity index (χ1v) is 10.7. The smallest absolute Gasteiger partial charge is 0.408 e. The van der Waals surface area contributed by atoms with Crippen molar-refractivity contribution in [3.63, 3.8) is 0 Å². The van der Waals surface area contributed by atoms with Gasteiger partial charge in [-0.2, -0.15) is 5.26 Å². The molecule has 0 bridgehead atoms. The zero-order valence-electron chi connectivity index (χ0n) is 18.6. The van der Waals surface area contributed by atoms with E-state index in [-0.39, 0.29) is 19.1 Å². The van der Waals surface area contributed by atoms with E-state index in [1.807, 2.05) is 74.5 Å². The van der Waals surface area contributed by atoms with Gasteiger partial charge in [0.2, 0.25) is 0 Å². The highest BCUT2D eigenvalue weighted by atomic mass is 16.6. The van der Waals surface area contributed by atoms with Gasteiger partial charge in [-0.3, -0.25) is 4.79 Å². The second-order valence-electron chi connectivity index (χ2n) is 7.93. The lowest BCUT2D eigenvalue weighted by Crippen LogP contribution is -2.42. The van der Waals surface area contributed by atoms with E-state index in [4.69, 9.17) is 9.47 Å². The summed E-state index contributed by atoms with van der Waals surface area (Å²) in [5.74, 6) is -0.778. The molecule has 0 radical (unpaired) electrons. The molecule has 2 N–H and O–H groups in total. The predicted octanol–water partition coefficient (Wildman–Crippen LogP) is 3.80. The monoisotopic (exact) mass is 437 g/mol. The number of alkyl carbamates (subject to hydrolysis) is 1. The summed E-state index contributed by atoms with van der Waals surface area (Å²) < 4.78 is 11.0. The van der Waals surface area contributed by atoms with Crippen LogP contribution in [0, 0.1) is 23.2 Å². The first-order valence-electron chi connectivity index (χ1n) is 10.7. The Morgan fingerprint density at radius 3 is 2.19 bits per heavy atom. The molecule has 170 valence electrons. The fraction of sp³-hybridized carbons (Fsp3) is 0.400. The van der Waals surface area contributed by atoms with Crippen LogP contribution in [0.4, 0.5) is 4.79 Å². The number of carbonyl (C=O) groups excluding carboxylic acids is 2. The number of ether oxygens (including phenoxy) is 2. The van der Waals surface area contributed by atoms with E-state index in [1.54, 1.807) is 0 Å². The minimum absolute atomic E-state index is 0.119. The van der Waals surface area contributed by atoms with Crippen LogP contribution < -0.4 is 10.6 Å². The Kier molecular flexibility index (Phi) is 10.8. The van der Waals surface area contributed by atoms with Gasteiger partial charge in [0.05, 0.1) is 25.2 Å². The highest BCUT2D eigenvalue weighted by molar-refractivity contribution is 5.83. The number of benzene rings is 2. The number of nitriles is 1. The number of amides is 2. The fourth-order valence-electron chi connectivity index (χ4n) is 2.95. The van der Waals surface area contributed by atoms with Crippen LogP contribution in [-0.2, 0) is 27.4 Å². The highest BCUT2D eigenvalue weighted by Gasteiger charge is 2.24. The van der Waals surface area contributed by atoms with Gasteiger partial charge in [-0.1, -0.05) is 74.5 Å². The molecule has 2 rings (SSSR count). The van der Waals surface area contributed by atoms with Crippen molar-refractivity contribution < 1.29 is 19.1 Å². The summed E-state index contributed by atoms with van der Waals surface area (Å²) >= 11 is 0. The zero-order chi connectivity index (χ0) is 23.2. The topological polar surface area (TPSA) is 100 Å². The van der Waals surface area contributed by atoms with Crippen LogP contribution >= 0.6 is 0 Å². The minimum atomic E-state index is -0.935. The molecule has 0 aliphatic heterocycles. The molecule has 7 nitrogen and oxygen atoms in total. The second kappa shape index (κ2) is 13.8. The summed E-state index contributed by atoms with van der Waals surface area (Å²) in [5, 5.41) is 14.8. The second-order valence-corrected chi connectivity index (χ2v) is 7.93. The Hall–Kier alpha value is -3.37. The zero-order valence-corrected chi connectivity index (χ0v) is 18.6. The molecule has 7 heteroatoms. The van der Waals surface area contributed by atoms with Crippen molar-refractivity contribution in [2.45, 2.75) is 39.5 Å². The summed E-state index contributed by atoms with van der Waals surface area (Å²) in [7, 11) is 0. The van der Waals surface area contributed by atoms with Crippen LogP contribution in [0.3, 0.4) is 0 Å². The Morgan fingerprint density at radius 1 is 0.969 bits per heavy atom. The Labute approximate surface area is 189 Å². The van der Waals surface area contributed by atoms with E-state index in [0.29, 0.717) is 19.6 Å². The van der Waals surface area contributed by atoms with E-state index in [1.165, 1.54) is 0 Å². The van der Waals surface area contributed by atoms with Crippen LogP contribution in [0.1, 0.15) is 31.4 Å². The van der Waals surface area contributed by atoms with Crippen molar-refractivity contribution in [3.05, 3.63) is 71.8 Å². The molecule has 0 aliphatic carbocycles. The standard InChI is InChI=1S/C25H31N3O4/c1-19(2)13-23(32-25(30)28-15-20-9-5-3-6-10-20)24(29)27-16-22(14-26)18-31-17-21-11-7-4-8-12-21/h3-12,19,22-23H,13,15-18H2,1-2H3,(H,27,29)(H,28,30). The van der Waals surface area contributed by atoms with Crippen LogP contribution in [0.2, 0.25) is 0 Å². The van der Waals surface area contributed by atoms with E-state index in [0.717, 1.165) is 11.1 Å². The third-order valence-electron chi connectivity index (χ3n) is 4.64. The summed E-state index contributed by atoms with van der Waals surface area (Å²) in [6.07, 6.45) is -1.21. The Balaban J connectivity index is 1.79. The summed E-state index contributed by atoms with van der Waals surface area (Å²) in [5.41, 5.74) is 1.95. The normalized spacial score (nSPS) is 12.4. The summed E-state index contributed by atoms with van der Waals surface area (Å²) in [6.45, 7) is 4.91. The molecule has 32 heavy (non-hydrogen) atoms. The van der Waals surface area contributed by atoms with Gasteiger partial charge in [-0.15, -0.1) is 0 Å². The van der Waals surface area contributed by atoms with Crippen molar-refractivity contribution in [2.24, 2.45) is 11.8 Å². The van der Waals surface area contributed by atoms with Gasteiger partial charge in [-0.05, 0) is 23.5 Å². The lowest BCUT2D eigenvalue weighted by molar-refractivity contribution is -0.130. The van der Waals surface area contributed by atoms with Gasteiger partial charge in [0.25, 0.3) is 5.91 Å². The van der Waals surface area contributed by atoms with E-state index < -0.39 is 24.0 Å². The first-order chi connectivity index (χ1) is 15.5. The fourth-order valence-corrected chi connectivity index (χ4v) is 2.95. The lowest BCUT2D eigenvalue weighted by Gasteiger charge is -2.20. The SMILES string of the molecule is CC(C)CC(OC(=O)NCc1ccccc1)C(=O)NCC(C#N)COCc1ccccc1. The van der Waals surface area contributed by atoms with Gasteiger partial charge in [0, 0.05) is 13.1 Å². The maximum atomic E-state index is 12.6. The van der Waals surface area contributed by atoms with Crippen molar-refractivity contribution in [1.29, 1.82) is 5.26 Å². The molecule has 2 atom stereocenters. The number of nitrogens with zero attached hydrogens (tertiary/aromatic N) is 1. The van der Waals surface area contributed by atoms with Crippen molar-refractivity contribution in [2.75, 3.05) is 13.2 Å². The van der Waals surface area contributed by atoms with Gasteiger partial charge in [-0.25, -0.2) is 4.79 Å². The predicted molar refractivity (Wildman–Crippen MR) is 121 cm³/mol. The molecule has 0 aliphatic rings. The van der Waals surface area contributed by atoms with Crippen LogP contribution in [-0.4, -0.2) is 31.3 Å². The highest BCUT2D eigenvalue weighted by Crippen LogP contribution is 2.10. The number of hydrogen-bond acceptors (Lipinski definition) is 5. The summed E-state index contributed by atoms with van der Waals surface area (Å²) in [6, 6.07) is 21.2. The molecule has 0 fully saturated rings. The van der Waals surface area contributed by atoms with Gasteiger partial charge < -0.3 is 20.1 Å². The van der Waals surface area contributed by atoms with Gasteiger partial charge >= 0.3 is 6.09 Å². The van der Waals surface area contributed by atoms with Crippen LogP contribution in [0.5, 0.6) is 0 Å². The molecule has 0 saturated carbocycles. The Morgan fingerprint density at radius 2 is 1.59 bits per heavy atom. The molecule has 2 amide bonds. The van der Waals surface area contributed by atoms with E-state index >= 15 is 0 Å². The van der Waals surface area contributed by atoms with Crippen molar-refractivity contribution in [3.8, 4) is 6.07 Å². The number of nitrogens with one attached hydrogen (secondary N) is 2. The number of rotatable bonds is 12. The maximum Gasteiger partial charge on any atom is 0.408 e. The van der Waals surface area contributed by atoms with Crippen LogP contribution in [0.25, 0.3) is 0 Å². The lowest BCUT2D eigenvalue weighted by atomic mass is 10.1. The molecular formula is C25H31N3O4. The third kappa shape index (κ3) is 9.63. The molecule has 2 aromatic rings. The molecule has 2 aromatic carbocycles. The van der Waals surface area contributed by atoms with Crippen molar-refractivity contribution >= 4 is 12.0 Å². The average Bonchev–Trinajstić information content (AvgIpc) is 2.80. The number of carbonyl (C=O) groups is 2. The van der Waals surface area contributed by atoms with Gasteiger partial charge in [0.1, 0.15) is 0 Å². The molecule has 0 aromatic heterocycles. The molecule has 0 saturated heterocycles. The average molecular weight is 438 g/mol. The van der Waals surface area contributed by atoms with Gasteiger partial charge in [0.15, 0.2) is 6.10 Å². The maximum absolute atomic E-state index is 12.6. The van der Waals surface area contributed by atoms with Crippen molar-refractivity contribution in [1.82, 2.24) is 10.6 Å². The molecule has 0 heterocycles. The number of hydrogen-bond donors (Lipinski definition) is 2. The molecule has 2 unspecified atom stereocenters. The van der Waals surface area contributed by atoms with E-state index in [2.05, 4.69) is 16.7 Å².